The lowest BCUT2D eigenvalue weighted by atomic mass is 10.2. The van der Waals surface area contributed by atoms with Gasteiger partial charge in [0.15, 0.2) is 0 Å². The molecule has 0 aliphatic carbocycles. The first-order chi connectivity index (χ1) is 7.11. The van der Waals surface area contributed by atoms with Gasteiger partial charge >= 0.3 is 0 Å². The van der Waals surface area contributed by atoms with Crippen LogP contribution in [-0.2, 0) is 13.6 Å². The van der Waals surface area contributed by atoms with Gasteiger partial charge in [-0.25, -0.2) is 0 Å². The highest BCUT2D eigenvalue weighted by Gasteiger charge is 2.01. The average Bonchev–Trinajstić information content (AvgIpc) is 2.48. The molecule has 0 unspecified atom stereocenters. The van der Waals surface area contributed by atoms with E-state index in [1.165, 1.54) is 17.7 Å². The molecule has 0 bridgehead atoms. The maximum absolute atomic E-state index is 4.21. The molecule has 0 fully saturated rings. The second-order valence-corrected chi connectivity index (χ2v) is 4.21. The highest BCUT2D eigenvalue weighted by Crippen LogP contribution is 2.04. The Hall–Kier alpha value is -0.870. The van der Waals surface area contributed by atoms with Crippen LogP contribution in [0.5, 0.6) is 0 Å². The standard InChI is InChI=1S/C11H22N4/c1-10-11(9-13-15(10)4)8-12-6-5-7-14(2)3/h9,12H,5-8H2,1-4H3. The molecule has 4 nitrogen and oxygen atoms in total. The molecule has 0 amide bonds. The molecule has 1 rings (SSSR count). The van der Waals surface area contributed by atoms with Crippen LogP contribution in [-0.4, -0.2) is 41.9 Å². The number of aromatic nitrogens is 2. The van der Waals surface area contributed by atoms with E-state index in [1.807, 2.05) is 17.9 Å². The minimum atomic E-state index is 0.924. The summed E-state index contributed by atoms with van der Waals surface area (Å²) in [6, 6.07) is 0. The number of nitrogens with one attached hydrogen (secondary N) is 1. The molecular weight excluding hydrogens is 188 g/mol. The Morgan fingerprint density at radius 1 is 1.47 bits per heavy atom. The van der Waals surface area contributed by atoms with Gasteiger partial charge in [-0.1, -0.05) is 0 Å². The summed E-state index contributed by atoms with van der Waals surface area (Å²) >= 11 is 0. The summed E-state index contributed by atoms with van der Waals surface area (Å²) in [4.78, 5) is 2.21. The van der Waals surface area contributed by atoms with Crippen molar-refractivity contribution in [1.82, 2.24) is 20.0 Å². The van der Waals surface area contributed by atoms with E-state index in [-0.39, 0.29) is 0 Å². The van der Waals surface area contributed by atoms with Gasteiger partial charge in [0.25, 0.3) is 0 Å². The van der Waals surface area contributed by atoms with E-state index in [9.17, 15) is 0 Å². The second kappa shape index (κ2) is 5.88. The van der Waals surface area contributed by atoms with Crippen molar-refractivity contribution in [2.24, 2.45) is 7.05 Å². The molecule has 15 heavy (non-hydrogen) atoms. The van der Waals surface area contributed by atoms with E-state index in [0.29, 0.717) is 0 Å². The zero-order valence-electron chi connectivity index (χ0n) is 10.2. The maximum Gasteiger partial charge on any atom is 0.0537 e. The Bertz CT molecular complexity index is 291. The quantitative estimate of drug-likeness (QED) is 0.704. The monoisotopic (exact) mass is 210 g/mol. The van der Waals surface area contributed by atoms with Crippen LogP contribution in [0.1, 0.15) is 17.7 Å². The third kappa shape index (κ3) is 4.01. The van der Waals surface area contributed by atoms with Gasteiger partial charge in [0.1, 0.15) is 0 Å². The fourth-order valence-electron chi connectivity index (χ4n) is 1.46. The summed E-state index contributed by atoms with van der Waals surface area (Å²) in [5.74, 6) is 0. The van der Waals surface area contributed by atoms with E-state index in [1.54, 1.807) is 0 Å². The fraction of sp³-hybridized carbons (Fsp3) is 0.727. The fourth-order valence-corrected chi connectivity index (χ4v) is 1.46. The molecule has 0 spiro atoms. The Morgan fingerprint density at radius 3 is 2.73 bits per heavy atom. The molecule has 1 aromatic heterocycles. The molecule has 0 aromatic carbocycles. The summed E-state index contributed by atoms with van der Waals surface area (Å²) in [6.07, 6.45) is 3.13. The largest absolute Gasteiger partial charge is 0.312 e. The van der Waals surface area contributed by atoms with Crippen LogP contribution in [0, 0.1) is 6.92 Å². The van der Waals surface area contributed by atoms with Gasteiger partial charge < -0.3 is 10.2 Å². The van der Waals surface area contributed by atoms with E-state index < -0.39 is 0 Å². The van der Waals surface area contributed by atoms with Crippen molar-refractivity contribution >= 4 is 0 Å². The predicted octanol–water partition coefficient (Wildman–Crippen LogP) is 0.770. The molecule has 0 saturated heterocycles. The Kier molecular flexibility index (Phi) is 4.78. The highest BCUT2D eigenvalue weighted by molar-refractivity contribution is 5.15. The third-order valence-corrected chi connectivity index (χ3v) is 2.61. The molecule has 4 heteroatoms. The van der Waals surface area contributed by atoms with Crippen molar-refractivity contribution in [3.05, 3.63) is 17.5 Å². The van der Waals surface area contributed by atoms with E-state index >= 15 is 0 Å². The number of rotatable bonds is 6. The molecule has 1 heterocycles. The second-order valence-electron chi connectivity index (χ2n) is 4.21. The van der Waals surface area contributed by atoms with Gasteiger partial charge in [0, 0.05) is 24.8 Å². The zero-order valence-corrected chi connectivity index (χ0v) is 10.2. The van der Waals surface area contributed by atoms with Crippen LogP contribution in [0.4, 0.5) is 0 Å². The van der Waals surface area contributed by atoms with Gasteiger partial charge in [0.05, 0.1) is 6.20 Å². The lowest BCUT2D eigenvalue weighted by Gasteiger charge is -2.09. The highest BCUT2D eigenvalue weighted by atomic mass is 15.3. The van der Waals surface area contributed by atoms with Gasteiger partial charge in [-0.3, -0.25) is 4.68 Å². The van der Waals surface area contributed by atoms with Crippen molar-refractivity contribution in [2.45, 2.75) is 19.9 Å². The van der Waals surface area contributed by atoms with Crippen molar-refractivity contribution in [3.8, 4) is 0 Å². The summed E-state index contributed by atoms with van der Waals surface area (Å²) < 4.78 is 1.91. The molecule has 0 atom stereocenters. The summed E-state index contributed by atoms with van der Waals surface area (Å²) in [6.45, 7) is 5.22. The topological polar surface area (TPSA) is 33.1 Å². The molecule has 0 radical (unpaired) electrons. The third-order valence-electron chi connectivity index (χ3n) is 2.61. The van der Waals surface area contributed by atoms with Crippen LogP contribution in [0.15, 0.2) is 6.20 Å². The molecule has 0 saturated carbocycles. The van der Waals surface area contributed by atoms with Gasteiger partial charge in [0.2, 0.25) is 0 Å². The van der Waals surface area contributed by atoms with E-state index in [4.69, 9.17) is 0 Å². The Labute approximate surface area is 92.3 Å². The number of hydrogen-bond acceptors (Lipinski definition) is 3. The first-order valence-corrected chi connectivity index (χ1v) is 5.44. The lowest BCUT2D eigenvalue weighted by Crippen LogP contribution is -2.21. The molecule has 1 aromatic rings. The number of aryl methyl sites for hydroxylation is 1. The molecule has 1 N–H and O–H groups in total. The van der Waals surface area contributed by atoms with Crippen molar-refractivity contribution < 1.29 is 0 Å². The van der Waals surface area contributed by atoms with E-state index in [0.717, 1.165) is 19.6 Å². The normalized spacial score (nSPS) is 11.3. The van der Waals surface area contributed by atoms with Crippen molar-refractivity contribution in [3.63, 3.8) is 0 Å². The van der Waals surface area contributed by atoms with Crippen LogP contribution in [0.25, 0.3) is 0 Å². The average molecular weight is 210 g/mol. The van der Waals surface area contributed by atoms with Gasteiger partial charge in [-0.15, -0.1) is 0 Å². The Morgan fingerprint density at radius 2 is 2.20 bits per heavy atom. The van der Waals surface area contributed by atoms with Crippen LogP contribution in [0.3, 0.4) is 0 Å². The van der Waals surface area contributed by atoms with Crippen LogP contribution < -0.4 is 5.32 Å². The smallest absolute Gasteiger partial charge is 0.0537 e. The van der Waals surface area contributed by atoms with E-state index in [2.05, 4.69) is 36.3 Å². The molecule has 86 valence electrons. The maximum atomic E-state index is 4.21. The first kappa shape index (κ1) is 12.2. The van der Waals surface area contributed by atoms with Crippen LogP contribution >= 0.6 is 0 Å². The Balaban J connectivity index is 2.18. The zero-order chi connectivity index (χ0) is 11.3. The van der Waals surface area contributed by atoms with Crippen molar-refractivity contribution in [2.75, 3.05) is 27.2 Å². The molecule has 0 aliphatic rings. The summed E-state index contributed by atoms with van der Waals surface area (Å²) in [5.41, 5.74) is 2.54. The molecule has 0 aliphatic heterocycles. The number of nitrogens with zero attached hydrogens (tertiary/aromatic N) is 3. The molecular formula is C11H22N4. The van der Waals surface area contributed by atoms with Gasteiger partial charge in [-0.2, -0.15) is 5.10 Å². The predicted molar refractivity (Wildman–Crippen MR) is 62.8 cm³/mol. The number of hydrogen-bond donors (Lipinski definition) is 1. The summed E-state index contributed by atoms with van der Waals surface area (Å²) in [5, 5.41) is 7.64. The van der Waals surface area contributed by atoms with Crippen molar-refractivity contribution in [1.29, 1.82) is 0 Å². The minimum Gasteiger partial charge on any atom is -0.312 e. The SMILES string of the molecule is Cc1c(CNCCCN(C)C)cnn1C. The first-order valence-electron chi connectivity index (χ1n) is 5.44. The van der Waals surface area contributed by atoms with Crippen LogP contribution in [0.2, 0.25) is 0 Å². The summed E-state index contributed by atoms with van der Waals surface area (Å²) in [7, 11) is 6.18. The minimum absolute atomic E-state index is 0.924. The van der Waals surface area contributed by atoms with Gasteiger partial charge in [-0.05, 0) is 40.5 Å². The lowest BCUT2D eigenvalue weighted by molar-refractivity contribution is 0.394.